The zero-order valence-electron chi connectivity index (χ0n) is 23.3. The average molecular weight is 527 g/mol. The highest BCUT2D eigenvalue weighted by Crippen LogP contribution is 2.31. The SMILES string of the molecule is C=C(/C=C(/C(=C)N1CCCCC1)c1cc(CCc2ccccc2)ccc1C)NCc1ccc(C(C)(F)F)cc1. The number of hydrogen-bond acceptors (Lipinski definition) is 2. The van der Waals surface area contributed by atoms with Crippen molar-refractivity contribution in [2.24, 2.45) is 0 Å². The minimum absolute atomic E-state index is 0.0210. The van der Waals surface area contributed by atoms with E-state index in [4.69, 9.17) is 0 Å². The van der Waals surface area contributed by atoms with Gasteiger partial charge in [-0.2, -0.15) is 0 Å². The molecule has 39 heavy (non-hydrogen) atoms. The molecule has 3 aromatic carbocycles. The number of benzene rings is 3. The molecule has 0 aromatic heterocycles. The van der Waals surface area contributed by atoms with Gasteiger partial charge in [-0.05, 0) is 72.9 Å². The molecular weight excluding hydrogens is 486 g/mol. The number of rotatable bonds is 11. The first kappa shape index (κ1) is 28.4. The van der Waals surface area contributed by atoms with Gasteiger partial charge < -0.3 is 10.2 Å². The van der Waals surface area contributed by atoms with Crippen LogP contribution in [0.4, 0.5) is 8.78 Å². The second-order valence-electron chi connectivity index (χ2n) is 10.7. The van der Waals surface area contributed by atoms with Gasteiger partial charge in [0.1, 0.15) is 0 Å². The van der Waals surface area contributed by atoms with Gasteiger partial charge in [0.2, 0.25) is 0 Å². The number of nitrogens with one attached hydrogen (secondary N) is 1. The molecule has 0 bridgehead atoms. The largest absolute Gasteiger partial charge is 0.381 e. The van der Waals surface area contributed by atoms with Gasteiger partial charge in [0.25, 0.3) is 5.92 Å². The summed E-state index contributed by atoms with van der Waals surface area (Å²) in [4.78, 5) is 2.39. The monoisotopic (exact) mass is 526 g/mol. The number of piperidine rings is 1. The lowest BCUT2D eigenvalue weighted by molar-refractivity contribution is 0.0174. The van der Waals surface area contributed by atoms with Crippen LogP contribution in [0.5, 0.6) is 0 Å². The van der Waals surface area contributed by atoms with Crippen LogP contribution in [-0.2, 0) is 25.3 Å². The summed E-state index contributed by atoms with van der Waals surface area (Å²) in [6.07, 6.45) is 7.66. The molecule has 0 radical (unpaired) electrons. The van der Waals surface area contributed by atoms with Gasteiger partial charge in [-0.25, -0.2) is 8.78 Å². The van der Waals surface area contributed by atoms with E-state index in [0.717, 1.165) is 55.4 Å². The van der Waals surface area contributed by atoms with Gasteiger partial charge in [-0.1, -0.05) is 86.0 Å². The summed E-state index contributed by atoms with van der Waals surface area (Å²) in [5, 5.41) is 3.38. The smallest absolute Gasteiger partial charge is 0.270 e. The normalized spacial score (nSPS) is 14.3. The second-order valence-corrected chi connectivity index (χ2v) is 10.7. The molecule has 0 saturated carbocycles. The van der Waals surface area contributed by atoms with Crippen LogP contribution in [-0.4, -0.2) is 18.0 Å². The third kappa shape index (κ3) is 7.92. The fourth-order valence-corrected chi connectivity index (χ4v) is 5.05. The standard InChI is InChI=1S/C35H40F2N2/c1-26-13-14-30(16-15-29-11-7-5-8-12-29)24-33(26)34(28(3)39-21-9-6-10-22-39)23-27(2)38-25-31-17-19-32(20-18-31)35(4,36)37/h5,7-8,11-14,17-20,23-24,38H,2-3,6,9-10,15-16,21-22,25H2,1,4H3/b34-23-. The van der Waals surface area contributed by atoms with Crippen molar-refractivity contribution in [1.82, 2.24) is 10.2 Å². The maximum absolute atomic E-state index is 13.6. The summed E-state index contributed by atoms with van der Waals surface area (Å²) >= 11 is 0. The van der Waals surface area contributed by atoms with Crippen molar-refractivity contribution in [3.05, 3.63) is 137 Å². The summed E-state index contributed by atoms with van der Waals surface area (Å²) in [6, 6.07) is 23.8. The van der Waals surface area contributed by atoms with Crippen LogP contribution < -0.4 is 5.32 Å². The number of halogens is 2. The first-order valence-electron chi connectivity index (χ1n) is 13.9. The van der Waals surface area contributed by atoms with Crippen molar-refractivity contribution < 1.29 is 8.78 Å². The molecular formula is C35H40F2N2. The third-order valence-corrected chi connectivity index (χ3v) is 7.48. The molecule has 204 valence electrons. The van der Waals surface area contributed by atoms with Crippen LogP contribution in [0.25, 0.3) is 5.57 Å². The number of nitrogens with zero attached hydrogens (tertiary/aromatic N) is 1. The molecule has 1 saturated heterocycles. The predicted molar refractivity (Wildman–Crippen MR) is 160 cm³/mol. The molecule has 2 nitrogen and oxygen atoms in total. The van der Waals surface area contributed by atoms with E-state index in [1.807, 2.05) is 0 Å². The number of hydrogen-bond donors (Lipinski definition) is 1. The van der Waals surface area contributed by atoms with Crippen LogP contribution in [0.15, 0.2) is 103 Å². The highest BCUT2D eigenvalue weighted by atomic mass is 19.3. The summed E-state index contributed by atoms with van der Waals surface area (Å²) in [5.41, 5.74) is 8.82. The number of allylic oxidation sites excluding steroid dienone is 2. The van der Waals surface area contributed by atoms with Crippen molar-refractivity contribution in [2.45, 2.75) is 58.4 Å². The molecule has 0 atom stereocenters. The van der Waals surface area contributed by atoms with Gasteiger partial charge in [-0.3, -0.25) is 0 Å². The Morgan fingerprint density at radius 1 is 0.872 bits per heavy atom. The van der Waals surface area contributed by atoms with E-state index in [9.17, 15) is 8.78 Å². The van der Waals surface area contributed by atoms with E-state index in [0.29, 0.717) is 6.54 Å². The first-order valence-corrected chi connectivity index (χ1v) is 13.9. The minimum atomic E-state index is -2.84. The van der Waals surface area contributed by atoms with E-state index in [1.54, 1.807) is 12.1 Å². The third-order valence-electron chi connectivity index (χ3n) is 7.48. The minimum Gasteiger partial charge on any atom is -0.381 e. The molecule has 4 heteroatoms. The van der Waals surface area contributed by atoms with Crippen LogP contribution >= 0.6 is 0 Å². The Morgan fingerprint density at radius 2 is 1.51 bits per heavy atom. The average Bonchev–Trinajstić information content (AvgIpc) is 2.95. The Hall–Kier alpha value is -3.66. The summed E-state index contributed by atoms with van der Waals surface area (Å²) in [5.74, 6) is -2.84. The van der Waals surface area contributed by atoms with Crippen molar-refractivity contribution in [2.75, 3.05) is 13.1 Å². The molecule has 1 fully saturated rings. The Morgan fingerprint density at radius 3 is 2.18 bits per heavy atom. The van der Waals surface area contributed by atoms with Crippen LogP contribution in [0, 0.1) is 6.92 Å². The molecule has 4 rings (SSSR count). The summed E-state index contributed by atoms with van der Waals surface area (Å²) in [6.45, 7) is 14.4. The summed E-state index contributed by atoms with van der Waals surface area (Å²) < 4.78 is 27.2. The highest BCUT2D eigenvalue weighted by molar-refractivity contribution is 5.81. The number of alkyl halides is 2. The summed E-state index contributed by atoms with van der Waals surface area (Å²) in [7, 11) is 0. The maximum Gasteiger partial charge on any atom is 0.270 e. The van der Waals surface area contributed by atoms with Crippen molar-refractivity contribution in [3.8, 4) is 0 Å². The fourth-order valence-electron chi connectivity index (χ4n) is 5.05. The Bertz CT molecular complexity index is 1290. The topological polar surface area (TPSA) is 15.3 Å². The molecule has 0 spiro atoms. The van der Waals surface area contributed by atoms with E-state index in [-0.39, 0.29) is 5.56 Å². The van der Waals surface area contributed by atoms with Crippen molar-refractivity contribution in [1.29, 1.82) is 0 Å². The Kier molecular flexibility index (Phi) is 9.40. The van der Waals surface area contributed by atoms with Crippen LogP contribution in [0.3, 0.4) is 0 Å². The molecule has 1 aliphatic heterocycles. The Labute approximate surface area is 232 Å². The predicted octanol–water partition coefficient (Wildman–Crippen LogP) is 8.58. The zero-order chi connectivity index (χ0) is 27.8. The molecule has 1 N–H and O–H groups in total. The Balaban J connectivity index is 1.55. The zero-order valence-corrected chi connectivity index (χ0v) is 23.3. The first-order chi connectivity index (χ1) is 18.7. The van der Waals surface area contributed by atoms with E-state index in [2.05, 4.69) is 84.9 Å². The number of aryl methyl sites for hydroxylation is 3. The van der Waals surface area contributed by atoms with Crippen LogP contribution in [0.1, 0.15) is 59.6 Å². The molecule has 1 aliphatic rings. The van der Waals surface area contributed by atoms with Gasteiger partial charge >= 0.3 is 0 Å². The second kappa shape index (κ2) is 12.9. The van der Waals surface area contributed by atoms with E-state index in [1.165, 1.54) is 53.6 Å². The molecule has 3 aromatic rings. The number of likely N-dealkylation sites (tertiary alicyclic amines) is 1. The van der Waals surface area contributed by atoms with Gasteiger partial charge in [0.05, 0.1) is 0 Å². The molecule has 0 aliphatic carbocycles. The lowest BCUT2D eigenvalue weighted by Crippen LogP contribution is -2.29. The maximum atomic E-state index is 13.6. The van der Waals surface area contributed by atoms with Gasteiger partial charge in [0.15, 0.2) is 0 Å². The quantitative estimate of drug-likeness (QED) is 0.252. The van der Waals surface area contributed by atoms with Crippen molar-refractivity contribution in [3.63, 3.8) is 0 Å². The lowest BCUT2D eigenvalue weighted by Gasteiger charge is -2.32. The molecule has 0 unspecified atom stereocenters. The van der Waals surface area contributed by atoms with Gasteiger partial charge in [-0.15, -0.1) is 0 Å². The van der Waals surface area contributed by atoms with Gasteiger partial charge in [0, 0.05) is 49.1 Å². The molecule has 0 amide bonds. The van der Waals surface area contributed by atoms with E-state index < -0.39 is 5.92 Å². The van der Waals surface area contributed by atoms with Crippen LogP contribution in [0.2, 0.25) is 0 Å². The lowest BCUT2D eigenvalue weighted by atomic mass is 9.92. The van der Waals surface area contributed by atoms with Crippen molar-refractivity contribution >= 4 is 5.57 Å². The fraction of sp³-hybridized carbons (Fsp3) is 0.314. The molecule has 1 heterocycles. The van der Waals surface area contributed by atoms with E-state index >= 15 is 0 Å². The highest BCUT2D eigenvalue weighted by Gasteiger charge is 2.23.